The van der Waals surface area contributed by atoms with Crippen LogP contribution in [0.25, 0.3) is 0 Å². The Kier molecular flexibility index (Phi) is 3.82. The van der Waals surface area contributed by atoms with E-state index in [1.807, 2.05) is 0 Å². The summed E-state index contributed by atoms with van der Waals surface area (Å²) in [6.07, 6.45) is 9.21. The Morgan fingerprint density at radius 2 is 1.68 bits per heavy atom. The van der Waals surface area contributed by atoms with Crippen LogP contribution in [0.2, 0.25) is 0 Å². The lowest BCUT2D eigenvalue weighted by Crippen LogP contribution is -2.53. The van der Waals surface area contributed by atoms with Gasteiger partial charge in [0, 0.05) is 12.3 Å². The highest BCUT2D eigenvalue weighted by Crippen LogP contribution is 2.67. The highest BCUT2D eigenvalue weighted by Gasteiger charge is 2.61. The van der Waals surface area contributed by atoms with E-state index >= 15 is 0 Å². The molecule has 25 heavy (non-hydrogen) atoms. The third-order valence-corrected chi connectivity index (χ3v) is 8.81. The molecule has 0 aliphatic heterocycles. The number of aliphatic hydroxyl groups is 4. The van der Waals surface area contributed by atoms with Crippen molar-refractivity contribution in [2.75, 3.05) is 0 Å². The van der Waals surface area contributed by atoms with Gasteiger partial charge in [-0.15, -0.1) is 0 Å². The van der Waals surface area contributed by atoms with Gasteiger partial charge in [0.1, 0.15) is 0 Å². The molecule has 4 heteroatoms. The van der Waals surface area contributed by atoms with E-state index in [0.29, 0.717) is 24.2 Å². The van der Waals surface area contributed by atoms with E-state index in [1.54, 1.807) is 13.0 Å². The van der Waals surface area contributed by atoms with E-state index in [4.69, 9.17) is 0 Å². The summed E-state index contributed by atoms with van der Waals surface area (Å²) in [5.41, 5.74) is 1.35. The van der Waals surface area contributed by atoms with Gasteiger partial charge in [-0.05, 0) is 86.5 Å². The number of hydrogen-bond acceptors (Lipinski definition) is 4. The Morgan fingerprint density at radius 3 is 2.36 bits per heavy atom. The monoisotopic (exact) mass is 350 g/mol. The van der Waals surface area contributed by atoms with Crippen molar-refractivity contribution >= 4 is 0 Å². The first-order valence-corrected chi connectivity index (χ1v) is 10.1. The van der Waals surface area contributed by atoms with Gasteiger partial charge in [0.2, 0.25) is 0 Å². The maximum Gasteiger partial charge on any atom is 0.182 e. The van der Waals surface area contributed by atoms with E-state index in [-0.39, 0.29) is 16.7 Å². The largest absolute Gasteiger partial charge is 0.366 e. The van der Waals surface area contributed by atoms with Crippen LogP contribution in [0.5, 0.6) is 0 Å². The molecule has 0 radical (unpaired) electrons. The van der Waals surface area contributed by atoms with Crippen molar-refractivity contribution in [1.82, 2.24) is 0 Å². The second-order valence-electron chi connectivity index (χ2n) is 10.1. The molecule has 0 aromatic carbocycles. The first kappa shape index (κ1) is 18.0. The van der Waals surface area contributed by atoms with E-state index in [0.717, 1.165) is 44.9 Å². The van der Waals surface area contributed by atoms with Crippen LogP contribution in [0.4, 0.5) is 0 Å². The lowest BCUT2D eigenvalue weighted by atomic mass is 9.46. The SMILES string of the molecule is CC(O)(O)[C@H]1CC[C@H]2[C@@H]3CCC4=CC(O)(O)CC[C@]4(C)[C@H]3CC[C@]12C. The number of allylic oxidation sites excluding steroid dienone is 1. The van der Waals surface area contributed by atoms with Gasteiger partial charge in [0.05, 0.1) is 0 Å². The van der Waals surface area contributed by atoms with Crippen LogP contribution in [0.15, 0.2) is 11.6 Å². The molecule has 0 heterocycles. The molecule has 4 nitrogen and oxygen atoms in total. The van der Waals surface area contributed by atoms with Gasteiger partial charge in [0.15, 0.2) is 11.6 Å². The van der Waals surface area contributed by atoms with Gasteiger partial charge in [-0.3, -0.25) is 0 Å². The predicted octanol–water partition coefficient (Wildman–Crippen LogP) is 2.95. The fourth-order valence-electron chi connectivity index (χ4n) is 7.60. The van der Waals surface area contributed by atoms with E-state index in [9.17, 15) is 20.4 Å². The van der Waals surface area contributed by atoms with Crippen LogP contribution in [0, 0.1) is 34.5 Å². The molecule has 3 saturated carbocycles. The third-order valence-electron chi connectivity index (χ3n) is 8.81. The van der Waals surface area contributed by atoms with Gasteiger partial charge in [-0.25, -0.2) is 0 Å². The third kappa shape index (κ3) is 2.55. The fourth-order valence-corrected chi connectivity index (χ4v) is 7.60. The molecule has 4 rings (SSSR count). The molecule has 0 saturated heterocycles. The molecular weight excluding hydrogens is 316 g/mol. The molecule has 0 spiro atoms. The predicted molar refractivity (Wildman–Crippen MR) is 95.2 cm³/mol. The first-order valence-electron chi connectivity index (χ1n) is 10.1. The Bertz CT molecular complexity index is 589. The van der Waals surface area contributed by atoms with Gasteiger partial charge in [0.25, 0.3) is 0 Å². The molecule has 6 atom stereocenters. The maximum atomic E-state index is 10.3. The zero-order valence-electron chi connectivity index (χ0n) is 15.8. The van der Waals surface area contributed by atoms with E-state index in [2.05, 4.69) is 13.8 Å². The fraction of sp³-hybridized carbons (Fsp3) is 0.905. The second kappa shape index (κ2) is 5.31. The number of fused-ring (bicyclic) bond motifs is 5. The summed E-state index contributed by atoms with van der Waals surface area (Å²) in [5.74, 6) is -1.48. The van der Waals surface area contributed by atoms with Crippen LogP contribution >= 0.6 is 0 Å². The van der Waals surface area contributed by atoms with Crippen molar-refractivity contribution in [3.8, 4) is 0 Å². The normalized spacial score (nSPS) is 49.0. The highest BCUT2D eigenvalue weighted by molar-refractivity contribution is 5.26. The molecule has 142 valence electrons. The lowest BCUT2D eigenvalue weighted by molar-refractivity contribution is -0.219. The van der Waals surface area contributed by atoms with E-state index < -0.39 is 11.6 Å². The van der Waals surface area contributed by atoms with Crippen LogP contribution in [0.3, 0.4) is 0 Å². The summed E-state index contributed by atoms with van der Waals surface area (Å²) in [6, 6.07) is 0. The molecule has 3 fully saturated rings. The van der Waals surface area contributed by atoms with Gasteiger partial charge in [-0.2, -0.15) is 0 Å². The van der Waals surface area contributed by atoms with Crippen molar-refractivity contribution in [3.05, 3.63) is 11.6 Å². The summed E-state index contributed by atoms with van der Waals surface area (Å²) in [4.78, 5) is 0. The van der Waals surface area contributed by atoms with Crippen LogP contribution in [0.1, 0.15) is 72.1 Å². The lowest BCUT2D eigenvalue weighted by Gasteiger charge is -2.59. The van der Waals surface area contributed by atoms with Gasteiger partial charge >= 0.3 is 0 Å². The average Bonchev–Trinajstić information content (AvgIpc) is 2.85. The molecule has 0 unspecified atom stereocenters. The zero-order valence-corrected chi connectivity index (χ0v) is 15.8. The molecule has 0 bridgehead atoms. The van der Waals surface area contributed by atoms with Gasteiger partial charge in [-0.1, -0.05) is 19.4 Å². The van der Waals surface area contributed by atoms with Crippen molar-refractivity contribution in [2.24, 2.45) is 34.5 Å². The Labute approximate surface area is 151 Å². The summed E-state index contributed by atoms with van der Waals surface area (Å²) >= 11 is 0. The molecule has 0 aromatic heterocycles. The van der Waals surface area contributed by atoms with Crippen molar-refractivity contribution in [3.63, 3.8) is 0 Å². The molecule has 4 aliphatic rings. The van der Waals surface area contributed by atoms with Crippen molar-refractivity contribution < 1.29 is 20.4 Å². The highest BCUT2D eigenvalue weighted by atomic mass is 16.5. The van der Waals surface area contributed by atoms with Crippen LogP contribution in [-0.2, 0) is 0 Å². The van der Waals surface area contributed by atoms with Gasteiger partial charge < -0.3 is 20.4 Å². The Morgan fingerprint density at radius 1 is 0.960 bits per heavy atom. The standard InChI is InChI=1S/C21H34O4/c1-18-10-11-21(24,25)12-13(18)4-5-14-15-6-7-17(20(3,22)23)19(15,2)9-8-16(14)18/h12,14-17,22-25H,4-11H2,1-3H3/t14-,15-,16-,17-,18-,19-/m0/s1. The Hall–Kier alpha value is -0.420. The quantitative estimate of drug-likeness (QED) is 0.433. The smallest absolute Gasteiger partial charge is 0.182 e. The number of rotatable bonds is 1. The molecule has 0 amide bonds. The summed E-state index contributed by atoms with van der Waals surface area (Å²) in [6.45, 7) is 6.18. The maximum absolute atomic E-state index is 10.3. The topological polar surface area (TPSA) is 80.9 Å². The average molecular weight is 350 g/mol. The zero-order chi connectivity index (χ0) is 18.3. The van der Waals surface area contributed by atoms with Crippen molar-refractivity contribution in [2.45, 2.75) is 83.7 Å². The first-order chi connectivity index (χ1) is 11.5. The molecule has 4 N–H and O–H groups in total. The minimum absolute atomic E-state index is 0.0172. The second-order valence-corrected chi connectivity index (χ2v) is 10.1. The van der Waals surface area contributed by atoms with E-state index in [1.165, 1.54) is 5.57 Å². The number of hydrogen-bond donors (Lipinski definition) is 4. The summed E-state index contributed by atoms with van der Waals surface area (Å²) in [5, 5.41) is 40.7. The van der Waals surface area contributed by atoms with Crippen LogP contribution in [-0.4, -0.2) is 32.0 Å². The van der Waals surface area contributed by atoms with Crippen LogP contribution < -0.4 is 0 Å². The van der Waals surface area contributed by atoms with Crippen molar-refractivity contribution in [1.29, 1.82) is 0 Å². The molecule has 4 aliphatic carbocycles. The minimum atomic E-state index is -1.63. The Balaban J connectivity index is 1.65. The summed E-state index contributed by atoms with van der Waals surface area (Å²) in [7, 11) is 0. The summed E-state index contributed by atoms with van der Waals surface area (Å²) < 4.78 is 0. The molecule has 0 aromatic rings. The molecular formula is C21H34O4. The minimum Gasteiger partial charge on any atom is -0.366 e.